The highest BCUT2D eigenvalue weighted by molar-refractivity contribution is 7.66. The van der Waals surface area contributed by atoms with Crippen molar-refractivity contribution in [3.8, 4) is 0 Å². The second kappa shape index (κ2) is 23.6. The number of aliphatic hydroxyl groups is 3. The molecule has 42 heteroatoms. The zero-order valence-electron chi connectivity index (χ0n) is 42.6. The normalized spacial score (nSPS) is 29.2. The van der Waals surface area contributed by atoms with E-state index in [0.29, 0.717) is 0 Å². The maximum atomic E-state index is 13.6. The number of imidazole rings is 2. The number of phosphoric ester groups is 3. The maximum Gasteiger partial charge on any atom is 0.490 e. The quantitative estimate of drug-likeness (QED) is 0.0231. The molecule has 3 aliphatic heterocycles. The molecule has 0 radical (unpaired) electrons. The van der Waals surface area contributed by atoms with Gasteiger partial charge in [-0.05, 0) is 13.8 Å². The van der Waals surface area contributed by atoms with Crippen LogP contribution in [0.15, 0.2) is 45.6 Å². The number of amides is 1. The summed E-state index contributed by atoms with van der Waals surface area (Å²) in [7, 11) is -18.2. The molecular formula is C38H56N13O25P4+. The molecule has 16 atom stereocenters. The first-order valence-corrected chi connectivity index (χ1v) is 29.5. The van der Waals surface area contributed by atoms with Crippen LogP contribution in [0.1, 0.15) is 39.0 Å². The average Bonchev–Trinajstić information content (AvgIpc) is 4.36. The number of nitrogens with two attached hydrogens (primary N) is 1. The number of anilines is 2. The van der Waals surface area contributed by atoms with Crippen molar-refractivity contribution in [3.05, 3.63) is 62.4 Å². The number of fused-ring (bicyclic) bond motifs is 2. The molecule has 0 saturated carbocycles. The number of phosphoric acid groups is 4. The molecule has 8 rings (SSSR count). The number of hydrogen-bond donors (Lipinski definition) is 11. The van der Waals surface area contributed by atoms with Crippen LogP contribution in [-0.2, 0) is 75.8 Å². The van der Waals surface area contributed by atoms with Crippen molar-refractivity contribution in [1.29, 1.82) is 0 Å². The van der Waals surface area contributed by atoms with Crippen molar-refractivity contribution in [1.82, 2.24) is 48.5 Å². The number of aryl methyl sites for hydroxylation is 1. The van der Waals surface area contributed by atoms with Gasteiger partial charge in [0.2, 0.25) is 17.7 Å². The van der Waals surface area contributed by atoms with Gasteiger partial charge >= 0.3 is 42.6 Å². The largest absolute Gasteiger partial charge is 0.490 e. The Morgan fingerprint density at radius 3 is 2.11 bits per heavy atom. The van der Waals surface area contributed by atoms with Crippen molar-refractivity contribution in [2.75, 3.05) is 52.1 Å². The number of rotatable bonds is 23. The Morgan fingerprint density at radius 2 is 1.48 bits per heavy atom. The number of hydrogen-bond acceptors (Lipinski definition) is 27. The molecule has 12 N–H and O–H groups in total. The molecule has 0 bridgehead atoms. The third-order valence-corrected chi connectivity index (χ3v) is 17.7. The van der Waals surface area contributed by atoms with E-state index in [-0.39, 0.29) is 40.1 Å². The van der Waals surface area contributed by atoms with Crippen LogP contribution in [-0.4, -0.2) is 185 Å². The molecule has 3 saturated heterocycles. The molecule has 38 nitrogen and oxygen atoms in total. The van der Waals surface area contributed by atoms with Gasteiger partial charge in [-0.15, -0.1) is 0 Å². The number of aromatic amines is 2. The first-order valence-electron chi connectivity index (χ1n) is 23.5. The third-order valence-electron chi connectivity index (χ3n) is 12.5. The van der Waals surface area contributed by atoms with Gasteiger partial charge < -0.3 is 69.8 Å². The van der Waals surface area contributed by atoms with Crippen LogP contribution in [0.4, 0.5) is 11.8 Å². The highest BCUT2D eigenvalue weighted by Crippen LogP contribution is 2.68. The summed E-state index contributed by atoms with van der Waals surface area (Å²) >= 11 is 0. The van der Waals surface area contributed by atoms with Crippen LogP contribution in [0, 0.1) is 5.92 Å². The molecule has 5 unspecified atom stereocenters. The van der Waals surface area contributed by atoms with E-state index < -0.39 is 154 Å². The van der Waals surface area contributed by atoms with Crippen molar-refractivity contribution >= 4 is 71.3 Å². The summed E-state index contributed by atoms with van der Waals surface area (Å²) in [6, 6.07) is 0.747. The van der Waals surface area contributed by atoms with E-state index in [4.69, 9.17) is 42.8 Å². The Hall–Kier alpha value is -5.11. The molecular weight excluding hydrogens is 1160 g/mol. The predicted molar refractivity (Wildman–Crippen MR) is 263 cm³/mol. The number of H-pyrrole nitrogens is 2. The molecule has 8 heterocycles. The van der Waals surface area contributed by atoms with Crippen LogP contribution in [0.25, 0.3) is 22.3 Å². The van der Waals surface area contributed by atoms with Gasteiger partial charge in [-0.1, -0.05) is 4.98 Å². The number of aromatic nitrogens is 10. The monoisotopic (exact) mass is 1220 g/mol. The predicted octanol–water partition coefficient (Wildman–Crippen LogP) is -2.90. The van der Waals surface area contributed by atoms with Crippen molar-refractivity contribution in [2.45, 2.75) is 93.8 Å². The van der Waals surface area contributed by atoms with E-state index in [2.05, 4.69) is 38.9 Å². The first-order chi connectivity index (χ1) is 37.4. The molecule has 0 aromatic carbocycles. The fourth-order valence-electron chi connectivity index (χ4n) is 8.84. The molecule has 442 valence electrons. The molecule has 3 aliphatic rings. The van der Waals surface area contributed by atoms with Gasteiger partial charge in [-0.25, -0.2) is 42.6 Å². The van der Waals surface area contributed by atoms with Crippen molar-refractivity contribution in [3.63, 3.8) is 0 Å². The van der Waals surface area contributed by atoms with Gasteiger partial charge in [-0.3, -0.25) is 56.1 Å². The topological polar surface area (TPSA) is 514 Å². The molecule has 5 aromatic heterocycles. The highest BCUT2D eigenvalue weighted by Gasteiger charge is 2.54. The summed E-state index contributed by atoms with van der Waals surface area (Å²) in [6.45, 7) is 0.228. The Bertz CT molecular complexity index is 3490. The molecule has 3 fully saturated rings. The van der Waals surface area contributed by atoms with Crippen LogP contribution in [0.3, 0.4) is 0 Å². The van der Waals surface area contributed by atoms with Gasteiger partial charge in [0.05, 0.1) is 39.3 Å². The maximum absolute atomic E-state index is 13.6. The minimum Gasteiger partial charge on any atom is -0.387 e. The number of ether oxygens (including phenoxy) is 4. The SMILES string of the molecule is CO[C@@H]1[C@H](OP(=O)(O)OC[C@H]2O[C@@H](n3ccc(=O)[nH]c3=O)[C@H](O)[C@@H]2O)[C@@H](COP(=O)(O)OP(=O)(O)OP(=O)(O)OC[C@H]2OC([n+]3cn(C)c4c(=O)[nH]c(NC(C)C)nc43)[C@H](O)[C@@H]2CC(=O)N(C)C)O[C@H]1n1cnc2c(N)ncnc21. The zero-order valence-corrected chi connectivity index (χ0v) is 46.2. The smallest absolute Gasteiger partial charge is 0.387 e. The van der Waals surface area contributed by atoms with Gasteiger partial charge in [-0.2, -0.15) is 8.62 Å². The van der Waals surface area contributed by atoms with Gasteiger partial charge in [0, 0.05) is 51.8 Å². The lowest BCUT2D eigenvalue weighted by Gasteiger charge is -2.26. The second-order valence-electron chi connectivity index (χ2n) is 18.6. The Labute approximate surface area is 448 Å². The number of carbonyl (C=O) groups is 1. The summed E-state index contributed by atoms with van der Waals surface area (Å²) in [6.07, 6.45) is -14.2. The fourth-order valence-corrected chi connectivity index (χ4v) is 13.3. The summed E-state index contributed by atoms with van der Waals surface area (Å²) in [5.74, 6) is -1.80. The Morgan fingerprint density at radius 1 is 0.838 bits per heavy atom. The number of methoxy groups -OCH3 is 1. The molecule has 0 aliphatic carbocycles. The van der Waals surface area contributed by atoms with E-state index in [1.807, 2.05) is 4.98 Å². The van der Waals surface area contributed by atoms with E-state index >= 15 is 0 Å². The standard InChI is InChI=1S/C38H55N13O25P4/c1-16(2)43-37-45-32-24(33(57)46-37)48(5)15-51(32)34-25(54)17(9-22(53)47(3)4)18(71-34)10-69-78(61,62)75-80(65,66)76-79(63,64)70-12-20-28(29(67-6)36(73-20)50-14-42-23-30(39)40-13-41-31(23)50)74-77(59,60)68-11-19-26(55)27(56)35(72-19)49-8-7-21(52)44-38(49)58/h7-8,13-20,25-29,34-36,54-56H,9-12H2,1-6H3,(H8-,39,40,41,43,44,45,46,52,57,58,59,60,61,62,63,64,65,66)/p+1/t17-,18-,19-,20-,25-,26-,27-,28-,29-,34?,35-,36-/m1/s1. The number of aliphatic hydroxyl groups excluding tert-OH is 3. The van der Waals surface area contributed by atoms with Crippen molar-refractivity contribution < 1.29 is 108 Å². The number of nitrogens with zero attached hydrogens (tertiary/aromatic N) is 9. The Kier molecular flexibility index (Phi) is 18.0. The van der Waals surface area contributed by atoms with E-state index in [0.717, 1.165) is 36.6 Å². The lowest BCUT2D eigenvalue weighted by Crippen LogP contribution is -2.45. The molecule has 0 spiro atoms. The molecule has 5 aromatic rings. The zero-order chi connectivity index (χ0) is 58.6. The van der Waals surface area contributed by atoms with Gasteiger partial charge in [0.1, 0.15) is 54.6 Å². The van der Waals surface area contributed by atoms with E-state index in [9.17, 15) is 72.3 Å². The van der Waals surface area contributed by atoms with Crippen molar-refractivity contribution in [2.24, 2.45) is 13.0 Å². The molecule has 1 amide bonds. The lowest BCUT2D eigenvalue weighted by molar-refractivity contribution is -0.745. The second-order valence-corrected chi connectivity index (χ2v) is 24.7. The summed E-state index contributed by atoms with van der Waals surface area (Å²) in [4.78, 5) is 115. The summed E-state index contributed by atoms with van der Waals surface area (Å²) in [5.41, 5.74) is 3.65. The number of carbonyl (C=O) groups excluding carboxylic acids is 1. The minimum atomic E-state index is -6.24. The minimum absolute atomic E-state index is 0.000756. The highest BCUT2D eigenvalue weighted by atomic mass is 31.3. The van der Waals surface area contributed by atoms with Crippen LogP contribution >= 0.6 is 31.3 Å². The average molecular weight is 1220 g/mol. The number of nitrogens with one attached hydrogen (secondary N) is 3. The third kappa shape index (κ3) is 13.4. The lowest BCUT2D eigenvalue weighted by atomic mass is 9.94. The Balaban J connectivity index is 0.955. The summed E-state index contributed by atoms with van der Waals surface area (Å²) < 4.78 is 110. The van der Waals surface area contributed by atoms with Gasteiger partial charge in [0.15, 0.2) is 30.2 Å². The van der Waals surface area contributed by atoms with Crippen LogP contribution in [0.2, 0.25) is 0 Å². The molecule has 80 heavy (non-hydrogen) atoms. The number of nitrogen functional groups attached to an aromatic ring is 1. The van der Waals surface area contributed by atoms with Gasteiger partial charge in [0.25, 0.3) is 17.1 Å². The van der Waals surface area contributed by atoms with E-state index in [1.165, 1.54) is 46.1 Å². The van der Waals surface area contributed by atoms with Crippen LogP contribution < -0.4 is 32.4 Å². The van der Waals surface area contributed by atoms with E-state index in [1.54, 1.807) is 13.8 Å². The van der Waals surface area contributed by atoms with Crippen LogP contribution in [0.5, 0.6) is 0 Å². The fraction of sp³-hybridized carbons (Fsp3) is 0.605. The summed E-state index contributed by atoms with van der Waals surface area (Å²) in [5, 5.41) is 35.9. The first kappa shape index (κ1) is 61.0.